The second-order valence-electron chi connectivity index (χ2n) is 6.62. The Balaban J connectivity index is 1.39. The molecule has 5 heteroatoms. The average molecular weight is 312 g/mol. The van der Waals surface area contributed by atoms with Gasteiger partial charge in [-0.05, 0) is 55.4 Å². The van der Waals surface area contributed by atoms with Crippen molar-refractivity contribution in [2.45, 2.75) is 50.6 Å². The van der Waals surface area contributed by atoms with Gasteiger partial charge < -0.3 is 14.6 Å². The number of aromatic nitrogens is 3. The number of nitrogens with one attached hydrogen (secondary N) is 1. The molecule has 1 saturated carbocycles. The predicted molar refractivity (Wildman–Crippen MR) is 88.7 cm³/mol. The summed E-state index contributed by atoms with van der Waals surface area (Å²) in [6, 6.07) is 6.93. The maximum Gasteiger partial charge on any atom is 0.135 e. The number of ether oxygens (including phenoxy) is 1. The fourth-order valence-electron chi connectivity index (χ4n) is 3.58. The molecule has 1 heterocycles. The van der Waals surface area contributed by atoms with Crippen molar-refractivity contribution in [1.29, 1.82) is 0 Å². The summed E-state index contributed by atoms with van der Waals surface area (Å²) in [5, 5.41) is 12.1. The van der Waals surface area contributed by atoms with Crippen molar-refractivity contribution in [2.24, 2.45) is 0 Å². The van der Waals surface area contributed by atoms with Gasteiger partial charge in [0.1, 0.15) is 17.9 Å². The SMILES string of the molecule is COc1ccc2c(c1)CCC[C@@H]2NCCn1cnnc1C1CC1. The van der Waals surface area contributed by atoms with Crippen LogP contribution >= 0.6 is 0 Å². The third-order valence-corrected chi connectivity index (χ3v) is 5.00. The predicted octanol–water partition coefficient (Wildman–Crippen LogP) is 2.83. The second kappa shape index (κ2) is 6.32. The van der Waals surface area contributed by atoms with Gasteiger partial charge in [-0.1, -0.05) is 6.07 Å². The molecule has 1 fully saturated rings. The molecule has 0 radical (unpaired) electrons. The Morgan fingerprint density at radius 3 is 3.04 bits per heavy atom. The molecule has 1 aromatic carbocycles. The largest absolute Gasteiger partial charge is 0.497 e. The molecule has 23 heavy (non-hydrogen) atoms. The van der Waals surface area contributed by atoms with Crippen molar-refractivity contribution in [1.82, 2.24) is 20.1 Å². The van der Waals surface area contributed by atoms with Crippen LogP contribution in [0, 0.1) is 0 Å². The van der Waals surface area contributed by atoms with Crippen LogP contribution in [0.2, 0.25) is 0 Å². The number of nitrogens with zero attached hydrogens (tertiary/aromatic N) is 3. The van der Waals surface area contributed by atoms with Gasteiger partial charge in [-0.25, -0.2) is 0 Å². The number of aryl methyl sites for hydroxylation is 1. The zero-order valence-electron chi connectivity index (χ0n) is 13.7. The van der Waals surface area contributed by atoms with E-state index in [-0.39, 0.29) is 0 Å². The van der Waals surface area contributed by atoms with Crippen molar-refractivity contribution in [3.05, 3.63) is 41.5 Å². The summed E-state index contributed by atoms with van der Waals surface area (Å²) in [6.45, 7) is 1.90. The molecule has 1 aromatic heterocycles. The van der Waals surface area contributed by atoms with Crippen LogP contribution in [0.15, 0.2) is 24.5 Å². The lowest BCUT2D eigenvalue weighted by molar-refractivity contribution is 0.409. The van der Waals surface area contributed by atoms with Crippen LogP contribution in [0.3, 0.4) is 0 Å². The molecule has 122 valence electrons. The summed E-state index contributed by atoms with van der Waals surface area (Å²) in [5.74, 6) is 2.78. The molecule has 2 aliphatic carbocycles. The minimum absolute atomic E-state index is 0.450. The summed E-state index contributed by atoms with van der Waals surface area (Å²) < 4.78 is 7.56. The Kier molecular flexibility index (Phi) is 4.04. The van der Waals surface area contributed by atoms with Crippen LogP contribution < -0.4 is 10.1 Å². The van der Waals surface area contributed by atoms with Crippen molar-refractivity contribution in [2.75, 3.05) is 13.7 Å². The lowest BCUT2D eigenvalue weighted by Gasteiger charge is -2.27. The van der Waals surface area contributed by atoms with Gasteiger partial charge in [0.2, 0.25) is 0 Å². The zero-order chi connectivity index (χ0) is 15.6. The smallest absolute Gasteiger partial charge is 0.135 e. The zero-order valence-corrected chi connectivity index (χ0v) is 13.7. The molecule has 5 nitrogen and oxygen atoms in total. The Labute approximate surface area is 137 Å². The van der Waals surface area contributed by atoms with Crippen molar-refractivity contribution in [3.63, 3.8) is 0 Å². The lowest BCUT2D eigenvalue weighted by Crippen LogP contribution is -2.28. The normalized spacial score (nSPS) is 20.3. The van der Waals surface area contributed by atoms with E-state index in [0.717, 1.165) is 25.3 Å². The summed E-state index contributed by atoms with van der Waals surface area (Å²) >= 11 is 0. The Hall–Kier alpha value is -1.88. The number of rotatable bonds is 6. The van der Waals surface area contributed by atoms with E-state index in [2.05, 4.69) is 38.3 Å². The number of fused-ring (bicyclic) bond motifs is 1. The molecule has 2 aromatic rings. The summed E-state index contributed by atoms with van der Waals surface area (Å²) in [5.41, 5.74) is 2.86. The van der Waals surface area contributed by atoms with Gasteiger partial charge in [0.05, 0.1) is 7.11 Å². The number of hydrogen-bond donors (Lipinski definition) is 1. The van der Waals surface area contributed by atoms with E-state index < -0.39 is 0 Å². The molecule has 0 aliphatic heterocycles. The van der Waals surface area contributed by atoms with Gasteiger partial charge in [0.25, 0.3) is 0 Å². The van der Waals surface area contributed by atoms with Crippen molar-refractivity contribution >= 4 is 0 Å². The van der Waals surface area contributed by atoms with E-state index >= 15 is 0 Å². The first-order valence-corrected chi connectivity index (χ1v) is 8.63. The molecular formula is C18H24N4O. The maximum absolute atomic E-state index is 5.35. The fraction of sp³-hybridized carbons (Fsp3) is 0.556. The molecule has 0 spiro atoms. The van der Waals surface area contributed by atoms with Crippen LogP contribution in [0.1, 0.15) is 54.6 Å². The van der Waals surface area contributed by atoms with Gasteiger partial charge in [-0.15, -0.1) is 10.2 Å². The third-order valence-electron chi connectivity index (χ3n) is 5.00. The monoisotopic (exact) mass is 312 g/mol. The van der Waals surface area contributed by atoms with E-state index in [1.807, 2.05) is 6.33 Å². The van der Waals surface area contributed by atoms with E-state index in [1.54, 1.807) is 7.11 Å². The first-order valence-electron chi connectivity index (χ1n) is 8.63. The lowest BCUT2D eigenvalue weighted by atomic mass is 9.87. The first-order chi connectivity index (χ1) is 11.3. The number of hydrogen-bond acceptors (Lipinski definition) is 4. The molecule has 2 aliphatic rings. The highest BCUT2D eigenvalue weighted by Gasteiger charge is 2.28. The number of benzene rings is 1. The molecule has 0 saturated heterocycles. The fourth-order valence-corrected chi connectivity index (χ4v) is 3.58. The number of methoxy groups -OCH3 is 1. The van der Waals surface area contributed by atoms with Gasteiger partial charge in [0.15, 0.2) is 0 Å². The molecular weight excluding hydrogens is 288 g/mol. The van der Waals surface area contributed by atoms with Crippen molar-refractivity contribution in [3.8, 4) is 5.75 Å². The van der Waals surface area contributed by atoms with E-state index in [4.69, 9.17) is 4.74 Å². The van der Waals surface area contributed by atoms with Crippen molar-refractivity contribution < 1.29 is 4.74 Å². The summed E-state index contributed by atoms with van der Waals surface area (Å²) in [6.07, 6.45) is 8.00. The molecule has 1 N–H and O–H groups in total. The Bertz CT molecular complexity index is 677. The van der Waals surface area contributed by atoms with Gasteiger partial charge >= 0.3 is 0 Å². The molecule has 1 atom stereocenters. The molecule has 0 amide bonds. The van der Waals surface area contributed by atoms with E-state index in [0.29, 0.717) is 12.0 Å². The topological polar surface area (TPSA) is 52.0 Å². The molecule has 0 unspecified atom stereocenters. The van der Waals surface area contributed by atoms with Crippen LogP contribution in [-0.2, 0) is 13.0 Å². The highest BCUT2D eigenvalue weighted by atomic mass is 16.5. The first kappa shape index (κ1) is 14.7. The summed E-state index contributed by atoms with van der Waals surface area (Å²) in [7, 11) is 1.73. The summed E-state index contributed by atoms with van der Waals surface area (Å²) in [4.78, 5) is 0. The third kappa shape index (κ3) is 3.11. The average Bonchev–Trinajstić information content (AvgIpc) is 3.33. The molecule has 4 rings (SSSR count). The minimum Gasteiger partial charge on any atom is -0.497 e. The van der Waals surface area contributed by atoms with Crippen LogP contribution in [0.4, 0.5) is 0 Å². The van der Waals surface area contributed by atoms with Gasteiger partial charge in [-0.2, -0.15) is 0 Å². The standard InChI is InChI=1S/C18H24N4O/c1-23-15-7-8-16-14(11-15)3-2-4-17(16)19-9-10-22-12-20-21-18(22)13-5-6-13/h7-8,11-13,17,19H,2-6,9-10H2,1H3/t17-/m0/s1. The highest BCUT2D eigenvalue weighted by molar-refractivity contribution is 5.39. The Morgan fingerprint density at radius 2 is 2.22 bits per heavy atom. The van der Waals surface area contributed by atoms with Crippen LogP contribution in [0.5, 0.6) is 5.75 Å². The van der Waals surface area contributed by atoms with Gasteiger partial charge in [-0.3, -0.25) is 0 Å². The van der Waals surface area contributed by atoms with E-state index in [9.17, 15) is 0 Å². The van der Waals surface area contributed by atoms with E-state index in [1.165, 1.54) is 42.6 Å². The van der Waals surface area contributed by atoms with Crippen LogP contribution in [0.25, 0.3) is 0 Å². The second-order valence-corrected chi connectivity index (χ2v) is 6.62. The Morgan fingerprint density at radius 1 is 1.30 bits per heavy atom. The maximum atomic E-state index is 5.35. The quantitative estimate of drug-likeness (QED) is 0.891. The highest BCUT2D eigenvalue weighted by Crippen LogP contribution is 2.38. The van der Waals surface area contributed by atoms with Crippen LogP contribution in [-0.4, -0.2) is 28.4 Å². The van der Waals surface area contributed by atoms with Gasteiger partial charge in [0, 0.05) is 25.0 Å². The molecule has 0 bridgehead atoms. The minimum atomic E-state index is 0.450.